The van der Waals surface area contributed by atoms with Crippen LogP contribution in [0.1, 0.15) is 53.9 Å². The van der Waals surface area contributed by atoms with Crippen molar-refractivity contribution in [3.05, 3.63) is 36.6 Å². The molecule has 0 aromatic rings. The van der Waals surface area contributed by atoms with Crippen molar-refractivity contribution in [1.29, 1.82) is 0 Å². The average Bonchev–Trinajstić information content (AvgIpc) is 2.23. The largest absolute Gasteiger partial charge is 0.385 e. The molecule has 0 saturated carbocycles. The van der Waals surface area contributed by atoms with Gasteiger partial charge in [-0.1, -0.05) is 65.3 Å². The molecule has 1 atom stereocenters. The lowest BCUT2D eigenvalue weighted by atomic mass is 9.82. The lowest BCUT2D eigenvalue weighted by Crippen LogP contribution is -2.30. The van der Waals surface area contributed by atoms with Crippen LogP contribution in [0.15, 0.2) is 36.6 Å². The number of hydrogen-bond donors (Lipinski definition) is 1. The molecule has 0 spiro atoms. The Balaban J connectivity index is 4.09. The minimum Gasteiger partial charge on any atom is -0.385 e. The third-order valence-electron chi connectivity index (χ3n) is 3.05. The molecule has 0 aliphatic heterocycles. The van der Waals surface area contributed by atoms with Gasteiger partial charge in [-0.05, 0) is 30.8 Å². The van der Waals surface area contributed by atoms with Crippen LogP contribution in [0.4, 0.5) is 0 Å². The van der Waals surface area contributed by atoms with E-state index in [1.54, 1.807) is 0 Å². The van der Waals surface area contributed by atoms with Crippen LogP contribution in [0.25, 0.3) is 0 Å². The van der Waals surface area contributed by atoms with Gasteiger partial charge in [-0.25, -0.2) is 0 Å². The van der Waals surface area contributed by atoms with E-state index in [-0.39, 0.29) is 0 Å². The van der Waals surface area contributed by atoms with E-state index in [0.29, 0.717) is 5.41 Å². The van der Waals surface area contributed by atoms with E-state index in [1.807, 2.05) is 19.1 Å². The Morgan fingerprint density at radius 3 is 2.39 bits per heavy atom. The van der Waals surface area contributed by atoms with Crippen LogP contribution in [0.3, 0.4) is 0 Å². The summed E-state index contributed by atoms with van der Waals surface area (Å²) in [4.78, 5) is 0. The lowest BCUT2D eigenvalue weighted by Gasteiger charge is -2.29. The molecule has 0 aromatic heterocycles. The maximum Gasteiger partial charge on any atom is 0.0267 e. The second-order valence-electron chi connectivity index (χ2n) is 6.32. The molecule has 18 heavy (non-hydrogen) atoms. The Hall–Kier alpha value is -0.980. The molecule has 1 unspecified atom stereocenters. The van der Waals surface area contributed by atoms with Crippen molar-refractivity contribution in [2.45, 2.75) is 53.9 Å². The van der Waals surface area contributed by atoms with Gasteiger partial charge in [0.1, 0.15) is 0 Å². The maximum atomic E-state index is 4.01. The number of nitrogens with one attached hydrogen (secondary N) is 1. The van der Waals surface area contributed by atoms with Gasteiger partial charge in [0.2, 0.25) is 0 Å². The summed E-state index contributed by atoms with van der Waals surface area (Å²) in [6.07, 6.45) is 7.83. The molecule has 0 saturated heterocycles. The van der Waals surface area contributed by atoms with Gasteiger partial charge in [-0.3, -0.25) is 0 Å². The second kappa shape index (κ2) is 8.18. The van der Waals surface area contributed by atoms with Crippen LogP contribution in [0.2, 0.25) is 0 Å². The van der Waals surface area contributed by atoms with Crippen LogP contribution < -0.4 is 5.32 Å². The summed E-state index contributed by atoms with van der Waals surface area (Å²) >= 11 is 0. The van der Waals surface area contributed by atoms with Crippen molar-refractivity contribution >= 4 is 0 Å². The fourth-order valence-corrected chi connectivity index (χ4v) is 2.26. The molecule has 0 heterocycles. The normalized spacial score (nSPS) is 13.6. The van der Waals surface area contributed by atoms with Gasteiger partial charge in [0, 0.05) is 12.2 Å². The van der Waals surface area contributed by atoms with E-state index < -0.39 is 0 Å². The molecule has 0 fully saturated rings. The van der Waals surface area contributed by atoms with Gasteiger partial charge in [-0.15, -0.1) is 0 Å². The van der Waals surface area contributed by atoms with Crippen LogP contribution in [0, 0.1) is 11.3 Å². The predicted molar refractivity (Wildman–Crippen MR) is 83.6 cm³/mol. The molecule has 0 aromatic carbocycles. The number of allylic oxidation sites excluding steroid dienone is 3. The second-order valence-corrected chi connectivity index (χ2v) is 6.32. The number of hydrogen-bond acceptors (Lipinski definition) is 1. The number of rotatable bonds is 9. The molecule has 0 amide bonds. The summed E-state index contributed by atoms with van der Waals surface area (Å²) in [7, 11) is 0. The molecule has 0 aliphatic rings. The van der Waals surface area contributed by atoms with Crippen molar-refractivity contribution in [1.82, 2.24) is 5.32 Å². The highest BCUT2D eigenvalue weighted by Crippen LogP contribution is 2.27. The molecule has 1 nitrogen and oxygen atoms in total. The first kappa shape index (κ1) is 17.0. The SMILES string of the molecule is C=C(C)/C=C\C(=C)NCC(C)(C)CC(C)CCC. The van der Waals surface area contributed by atoms with Gasteiger partial charge < -0.3 is 5.32 Å². The Bertz CT molecular complexity index is 297. The first-order valence-corrected chi connectivity index (χ1v) is 7.03. The van der Waals surface area contributed by atoms with Crippen LogP contribution >= 0.6 is 0 Å². The minimum absolute atomic E-state index is 0.314. The van der Waals surface area contributed by atoms with Gasteiger partial charge in [0.15, 0.2) is 0 Å². The monoisotopic (exact) mass is 249 g/mol. The molecule has 0 rings (SSSR count). The Morgan fingerprint density at radius 1 is 1.28 bits per heavy atom. The van der Waals surface area contributed by atoms with Crippen molar-refractivity contribution < 1.29 is 0 Å². The molecule has 0 bridgehead atoms. The summed E-state index contributed by atoms with van der Waals surface area (Å²) < 4.78 is 0. The lowest BCUT2D eigenvalue weighted by molar-refractivity contribution is 0.263. The maximum absolute atomic E-state index is 4.01. The smallest absolute Gasteiger partial charge is 0.0267 e. The topological polar surface area (TPSA) is 12.0 Å². The van der Waals surface area contributed by atoms with E-state index >= 15 is 0 Å². The molecular formula is C17H31N. The highest BCUT2D eigenvalue weighted by atomic mass is 14.9. The van der Waals surface area contributed by atoms with E-state index in [1.165, 1.54) is 19.3 Å². The van der Waals surface area contributed by atoms with E-state index in [2.05, 4.69) is 46.2 Å². The third-order valence-corrected chi connectivity index (χ3v) is 3.05. The van der Waals surface area contributed by atoms with Gasteiger partial charge in [-0.2, -0.15) is 0 Å². The van der Waals surface area contributed by atoms with Crippen molar-refractivity contribution in [3.63, 3.8) is 0 Å². The van der Waals surface area contributed by atoms with E-state index in [4.69, 9.17) is 0 Å². The molecule has 104 valence electrons. The molecular weight excluding hydrogens is 218 g/mol. The van der Waals surface area contributed by atoms with E-state index in [0.717, 1.165) is 23.7 Å². The molecule has 0 radical (unpaired) electrons. The molecule has 0 aliphatic carbocycles. The molecule has 1 heteroatoms. The standard InChI is InChI=1S/C17H31N/c1-8-9-15(4)12-17(6,7)13-18-16(5)11-10-14(2)3/h10-11,15,18H,2,5,8-9,12-13H2,1,3-4,6-7H3/b11-10-. The van der Waals surface area contributed by atoms with Crippen molar-refractivity contribution in [2.24, 2.45) is 11.3 Å². The zero-order valence-corrected chi connectivity index (χ0v) is 13.0. The van der Waals surface area contributed by atoms with Crippen molar-refractivity contribution in [2.75, 3.05) is 6.54 Å². The summed E-state index contributed by atoms with van der Waals surface area (Å²) in [6, 6.07) is 0. The summed E-state index contributed by atoms with van der Waals surface area (Å²) in [5.41, 5.74) is 2.33. The Kier molecular flexibility index (Phi) is 7.73. The first-order valence-electron chi connectivity index (χ1n) is 7.03. The van der Waals surface area contributed by atoms with Gasteiger partial charge >= 0.3 is 0 Å². The zero-order chi connectivity index (χ0) is 14.2. The highest BCUT2D eigenvalue weighted by molar-refractivity contribution is 5.21. The van der Waals surface area contributed by atoms with Gasteiger partial charge in [0.25, 0.3) is 0 Å². The van der Waals surface area contributed by atoms with Crippen LogP contribution in [-0.2, 0) is 0 Å². The van der Waals surface area contributed by atoms with Crippen LogP contribution in [0.5, 0.6) is 0 Å². The summed E-state index contributed by atoms with van der Waals surface area (Å²) in [5.74, 6) is 0.797. The highest BCUT2D eigenvalue weighted by Gasteiger charge is 2.20. The predicted octanol–water partition coefficient (Wildman–Crippen LogP) is 5.07. The first-order chi connectivity index (χ1) is 8.26. The fourth-order valence-electron chi connectivity index (χ4n) is 2.26. The van der Waals surface area contributed by atoms with E-state index in [9.17, 15) is 0 Å². The van der Waals surface area contributed by atoms with Crippen molar-refractivity contribution in [3.8, 4) is 0 Å². The zero-order valence-electron chi connectivity index (χ0n) is 13.0. The summed E-state index contributed by atoms with van der Waals surface area (Å²) in [6.45, 7) is 20.1. The van der Waals surface area contributed by atoms with Gasteiger partial charge in [0.05, 0.1) is 0 Å². The quantitative estimate of drug-likeness (QED) is 0.562. The fraction of sp³-hybridized carbons (Fsp3) is 0.647. The average molecular weight is 249 g/mol. The summed E-state index contributed by atoms with van der Waals surface area (Å²) in [5, 5.41) is 3.40. The third kappa shape index (κ3) is 9.09. The Labute approximate surface area is 114 Å². The van der Waals surface area contributed by atoms with Crippen LogP contribution in [-0.4, -0.2) is 6.54 Å². The Morgan fingerprint density at radius 2 is 1.89 bits per heavy atom. The minimum atomic E-state index is 0.314. The molecule has 1 N–H and O–H groups in total.